The molecule has 0 atom stereocenters. The summed E-state index contributed by atoms with van der Waals surface area (Å²) < 4.78 is 5.01. The Kier molecular flexibility index (Phi) is 6.22. The number of carbonyl (C=O) groups is 1. The molecule has 1 aromatic heterocycles. The number of aromatic nitrogens is 1. The zero-order chi connectivity index (χ0) is 22.7. The maximum atomic E-state index is 11.6. The highest BCUT2D eigenvalue weighted by molar-refractivity contribution is 5.83. The zero-order valence-electron chi connectivity index (χ0n) is 18.7. The molecular formula is C28H27NO3. The quantitative estimate of drug-likeness (QED) is 0.364. The van der Waals surface area contributed by atoms with Crippen molar-refractivity contribution in [1.29, 1.82) is 0 Å². The van der Waals surface area contributed by atoms with E-state index in [-0.39, 0.29) is 11.7 Å². The Hall–Kier alpha value is -3.66. The van der Waals surface area contributed by atoms with E-state index in [1.54, 1.807) is 12.1 Å². The molecule has 0 amide bonds. The normalized spacial score (nSPS) is 11.0. The Morgan fingerprint density at radius 3 is 2.44 bits per heavy atom. The van der Waals surface area contributed by atoms with Crippen LogP contribution >= 0.6 is 0 Å². The first-order valence-electron chi connectivity index (χ1n) is 10.9. The number of phenols is 1. The van der Waals surface area contributed by atoms with Gasteiger partial charge in [-0.2, -0.15) is 0 Å². The molecule has 0 saturated carbocycles. The lowest BCUT2D eigenvalue weighted by molar-refractivity contribution is -0.143. The number of hydrogen-bond acceptors (Lipinski definition) is 4. The molecule has 4 aromatic rings. The van der Waals surface area contributed by atoms with Gasteiger partial charge in [-0.05, 0) is 91.4 Å². The van der Waals surface area contributed by atoms with E-state index in [0.717, 1.165) is 50.0 Å². The predicted molar refractivity (Wildman–Crippen MR) is 129 cm³/mol. The number of fused-ring (bicyclic) bond motifs is 1. The number of ether oxygens (including phenoxy) is 1. The second kappa shape index (κ2) is 9.23. The fraction of sp³-hybridized carbons (Fsp3) is 0.214. The van der Waals surface area contributed by atoms with Gasteiger partial charge in [0.2, 0.25) is 0 Å². The largest absolute Gasteiger partial charge is 0.508 e. The summed E-state index contributed by atoms with van der Waals surface area (Å²) in [6, 6.07) is 22.2. The Morgan fingerprint density at radius 1 is 0.938 bits per heavy atom. The van der Waals surface area contributed by atoms with E-state index in [1.165, 1.54) is 0 Å². The molecule has 0 spiro atoms. The molecule has 32 heavy (non-hydrogen) atoms. The second-order valence-electron chi connectivity index (χ2n) is 8.06. The topological polar surface area (TPSA) is 59.4 Å². The highest BCUT2D eigenvalue weighted by Gasteiger charge is 2.10. The van der Waals surface area contributed by atoms with Crippen LogP contribution in [0.4, 0.5) is 0 Å². The van der Waals surface area contributed by atoms with Crippen molar-refractivity contribution in [2.75, 3.05) is 6.61 Å². The number of phenolic OH excluding ortho intramolecular Hbond substituents is 1. The van der Waals surface area contributed by atoms with Crippen LogP contribution in [0.2, 0.25) is 0 Å². The molecule has 0 fully saturated rings. The Morgan fingerprint density at radius 2 is 1.69 bits per heavy atom. The molecule has 1 heterocycles. The third kappa shape index (κ3) is 4.65. The fourth-order valence-electron chi connectivity index (χ4n) is 4.20. The summed E-state index contributed by atoms with van der Waals surface area (Å²) in [7, 11) is 0. The van der Waals surface area contributed by atoms with Crippen LogP contribution in [0.1, 0.15) is 30.0 Å². The van der Waals surface area contributed by atoms with E-state index in [4.69, 9.17) is 9.72 Å². The molecule has 0 unspecified atom stereocenters. The number of hydrogen-bond donors (Lipinski definition) is 1. The van der Waals surface area contributed by atoms with E-state index in [0.29, 0.717) is 19.4 Å². The second-order valence-corrected chi connectivity index (χ2v) is 8.06. The van der Waals surface area contributed by atoms with E-state index in [2.05, 4.69) is 30.3 Å². The number of esters is 1. The number of benzene rings is 3. The average Bonchev–Trinajstić information content (AvgIpc) is 2.77. The third-order valence-electron chi connectivity index (χ3n) is 5.64. The van der Waals surface area contributed by atoms with Crippen LogP contribution in [0.5, 0.6) is 5.75 Å². The van der Waals surface area contributed by atoms with Gasteiger partial charge in [0.05, 0.1) is 17.8 Å². The van der Waals surface area contributed by atoms with Crippen molar-refractivity contribution in [3.8, 4) is 28.1 Å². The Balaban J connectivity index is 1.62. The van der Waals surface area contributed by atoms with Gasteiger partial charge in [-0.1, -0.05) is 30.3 Å². The van der Waals surface area contributed by atoms with Gasteiger partial charge in [0.15, 0.2) is 0 Å². The van der Waals surface area contributed by atoms with Crippen molar-refractivity contribution in [2.45, 2.75) is 33.6 Å². The minimum absolute atomic E-state index is 0.167. The average molecular weight is 426 g/mol. The SMILES string of the molecule is CCOC(=O)CCc1ccc2nc(-c3cccc(-c4c(C)cc(O)cc4C)c3)ccc2c1. The molecule has 0 radical (unpaired) electrons. The van der Waals surface area contributed by atoms with Gasteiger partial charge < -0.3 is 9.84 Å². The summed E-state index contributed by atoms with van der Waals surface area (Å²) in [5, 5.41) is 10.9. The van der Waals surface area contributed by atoms with E-state index in [9.17, 15) is 9.90 Å². The standard InChI is InChI=1S/C28H27NO3/c1-4-32-27(31)13-9-20-8-11-25-22(16-20)10-12-26(29-25)21-6-5-7-23(17-21)28-18(2)14-24(30)15-19(28)3/h5-8,10-12,14-17,30H,4,9,13H2,1-3H3. The lowest BCUT2D eigenvalue weighted by Gasteiger charge is -2.12. The van der Waals surface area contributed by atoms with E-state index >= 15 is 0 Å². The summed E-state index contributed by atoms with van der Waals surface area (Å²) in [6.07, 6.45) is 1.04. The highest BCUT2D eigenvalue weighted by atomic mass is 16.5. The Labute approximate surface area is 188 Å². The first-order chi connectivity index (χ1) is 15.4. The van der Waals surface area contributed by atoms with Crippen molar-refractivity contribution < 1.29 is 14.6 Å². The van der Waals surface area contributed by atoms with Crippen molar-refractivity contribution in [2.24, 2.45) is 0 Å². The van der Waals surface area contributed by atoms with Crippen molar-refractivity contribution >= 4 is 16.9 Å². The van der Waals surface area contributed by atoms with Crippen LogP contribution in [0.3, 0.4) is 0 Å². The number of pyridine rings is 1. The maximum absolute atomic E-state index is 11.6. The molecule has 4 rings (SSSR count). The summed E-state index contributed by atoms with van der Waals surface area (Å²) in [4.78, 5) is 16.5. The zero-order valence-corrected chi connectivity index (χ0v) is 18.7. The molecule has 0 saturated heterocycles. The molecule has 0 aliphatic rings. The number of carbonyl (C=O) groups excluding carboxylic acids is 1. The van der Waals surface area contributed by atoms with Crippen LogP contribution in [0, 0.1) is 13.8 Å². The molecule has 0 aliphatic heterocycles. The van der Waals surface area contributed by atoms with Crippen LogP contribution in [-0.2, 0) is 16.0 Å². The lowest BCUT2D eigenvalue weighted by Crippen LogP contribution is -2.05. The summed E-state index contributed by atoms with van der Waals surface area (Å²) in [5.41, 5.74) is 8.30. The smallest absolute Gasteiger partial charge is 0.306 e. The lowest BCUT2D eigenvalue weighted by atomic mass is 9.93. The van der Waals surface area contributed by atoms with Gasteiger partial charge in [-0.3, -0.25) is 4.79 Å². The number of rotatable bonds is 6. The molecule has 0 bridgehead atoms. The minimum Gasteiger partial charge on any atom is -0.508 e. The van der Waals surface area contributed by atoms with Crippen LogP contribution in [0.25, 0.3) is 33.3 Å². The highest BCUT2D eigenvalue weighted by Crippen LogP contribution is 2.33. The monoisotopic (exact) mass is 425 g/mol. The van der Waals surface area contributed by atoms with Crippen molar-refractivity contribution in [3.63, 3.8) is 0 Å². The van der Waals surface area contributed by atoms with Crippen LogP contribution in [0.15, 0.2) is 66.7 Å². The van der Waals surface area contributed by atoms with Gasteiger partial charge >= 0.3 is 5.97 Å². The first-order valence-corrected chi connectivity index (χ1v) is 10.9. The minimum atomic E-state index is -0.167. The van der Waals surface area contributed by atoms with Gasteiger partial charge in [0.1, 0.15) is 5.75 Å². The molecule has 4 nitrogen and oxygen atoms in total. The predicted octanol–water partition coefficient (Wildman–Crippen LogP) is 6.39. The fourth-order valence-corrected chi connectivity index (χ4v) is 4.20. The summed E-state index contributed by atoms with van der Waals surface area (Å²) in [6.45, 7) is 6.27. The van der Waals surface area contributed by atoms with Crippen molar-refractivity contribution in [3.05, 3.63) is 83.4 Å². The van der Waals surface area contributed by atoms with E-state index < -0.39 is 0 Å². The van der Waals surface area contributed by atoms with Gasteiger partial charge in [-0.25, -0.2) is 4.98 Å². The van der Waals surface area contributed by atoms with E-state index in [1.807, 2.05) is 45.0 Å². The molecule has 3 aromatic carbocycles. The van der Waals surface area contributed by atoms with Gasteiger partial charge in [-0.15, -0.1) is 0 Å². The molecule has 4 heteroatoms. The molecule has 162 valence electrons. The molecule has 0 aliphatic carbocycles. The van der Waals surface area contributed by atoms with Gasteiger partial charge in [0.25, 0.3) is 0 Å². The molecular weight excluding hydrogens is 398 g/mol. The molecule has 1 N–H and O–H groups in total. The third-order valence-corrected chi connectivity index (χ3v) is 5.64. The number of aromatic hydroxyl groups is 1. The summed E-state index contributed by atoms with van der Waals surface area (Å²) >= 11 is 0. The van der Waals surface area contributed by atoms with Crippen LogP contribution in [-0.4, -0.2) is 22.7 Å². The maximum Gasteiger partial charge on any atom is 0.306 e. The summed E-state index contributed by atoms with van der Waals surface area (Å²) in [5.74, 6) is 0.123. The Bertz CT molecular complexity index is 1270. The van der Waals surface area contributed by atoms with Gasteiger partial charge in [0, 0.05) is 17.4 Å². The number of nitrogens with zero attached hydrogens (tertiary/aromatic N) is 1. The van der Waals surface area contributed by atoms with Crippen LogP contribution < -0.4 is 0 Å². The van der Waals surface area contributed by atoms with Crippen molar-refractivity contribution in [1.82, 2.24) is 4.98 Å². The first kappa shape index (κ1) is 21.6. The number of aryl methyl sites for hydroxylation is 3.